The molecule has 0 aromatic heterocycles. The Morgan fingerprint density at radius 1 is 1.05 bits per heavy atom. The summed E-state index contributed by atoms with van der Waals surface area (Å²) in [7, 11) is 4.61. The number of rotatable bonds is 8. The van der Waals surface area contributed by atoms with Gasteiger partial charge in [-0.1, -0.05) is 49.4 Å². The number of methoxy groups -OCH3 is 3. The van der Waals surface area contributed by atoms with E-state index in [-0.39, 0.29) is 0 Å². The molecule has 3 N–H and O–H groups in total. The molecule has 1 heterocycles. The quantitative estimate of drug-likeness (QED) is 0.354. The van der Waals surface area contributed by atoms with Gasteiger partial charge in [-0.15, -0.1) is 0 Å². The second-order valence-electron chi connectivity index (χ2n) is 10.0. The summed E-state index contributed by atoms with van der Waals surface area (Å²) >= 11 is 0. The van der Waals surface area contributed by atoms with Crippen molar-refractivity contribution in [3.63, 3.8) is 0 Å². The highest BCUT2D eigenvalue weighted by Crippen LogP contribution is 2.71. The molecule has 38 heavy (non-hydrogen) atoms. The van der Waals surface area contributed by atoms with Gasteiger partial charge in [-0.2, -0.15) is 0 Å². The first-order chi connectivity index (χ1) is 18.4. The van der Waals surface area contributed by atoms with Crippen LogP contribution in [0.3, 0.4) is 0 Å². The summed E-state index contributed by atoms with van der Waals surface area (Å²) in [6, 6.07) is 20.9. The zero-order valence-corrected chi connectivity index (χ0v) is 22.2. The van der Waals surface area contributed by atoms with E-state index in [1.54, 1.807) is 20.3 Å². The zero-order chi connectivity index (χ0) is 27.1. The van der Waals surface area contributed by atoms with Gasteiger partial charge < -0.3 is 29.2 Å². The van der Waals surface area contributed by atoms with Gasteiger partial charge in [0.25, 0.3) is 5.75 Å². The molecule has 1 saturated carbocycles. The lowest BCUT2D eigenvalue weighted by atomic mass is 9.61. The molecule has 1 aliphatic heterocycles. The predicted molar refractivity (Wildman–Crippen MR) is 143 cm³/mol. The maximum Gasteiger partial charge on any atom is 0.312 e. The van der Waals surface area contributed by atoms with E-state index in [1.165, 1.54) is 7.11 Å². The van der Waals surface area contributed by atoms with Crippen molar-refractivity contribution in [2.45, 2.75) is 42.8 Å². The molecule has 5 atom stereocenters. The number of ether oxygens (including phenoxy) is 4. The Morgan fingerprint density at radius 2 is 1.76 bits per heavy atom. The maximum absolute atomic E-state index is 13.5. The molecule has 3 aromatic rings. The van der Waals surface area contributed by atoms with Crippen LogP contribution in [0.1, 0.15) is 41.5 Å². The fourth-order valence-corrected chi connectivity index (χ4v) is 7.06. The van der Waals surface area contributed by atoms with Crippen molar-refractivity contribution in [2.24, 2.45) is 5.92 Å². The van der Waals surface area contributed by atoms with Crippen molar-refractivity contribution in [1.29, 1.82) is 0 Å². The van der Waals surface area contributed by atoms with Crippen LogP contribution in [0, 0.1) is 5.92 Å². The lowest BCUT2D eigenvalue weighted by molar-refractivity contribution is -0.150. The van der Waals surface area contributed by atoms with Crippen molar-refractivity contribution in [1.82, 2.24) is 0 Å². The van der Waals surface area contributed by atoms with Crippen molar-refractivity contribution < 1.29 is 34.0 Å². The highest BCUT2D eigenvalue weighted by Gasteiger charge is 2.77. The summed E-state index contributed by atoms with van der Waals surface area (Å²) in [5.74, 6) is -0.371. The Morgan fingerprint density at radius 3 is 2.37 bits per heavy atom. The molecule has 0 unspecified atom stereocenters. The van der Waals surface area contributed by atoms with Crippen molar-refractivity contribution >= 4 is 5.97 Å². The fraction of sp³-hybridized carbons (Fsp3) is 0.387. The van der Waals surface area contributed by atoms with Crippen LogP contribution < -0.4 is 9.47 Å². The molecule has 5 rings (SSSR count). The van der Waals surface area contributed by atoms with Gasteiger partial charge in [-0.05, 0) is 41.7 Å². The topological polar surface area (TPSA) is 97.1 Å². The number of aliphatic hydroxyl groups is 1. The summed E-state index contributed by atoms with van der Waals surface area (Å²) in [4.78, 5) is 13.5. The van der Waals surface area contributed by atoms with Gasteiger partial charge in [0.15, 0.2) is 5.60 Å². The van der Waals surface area contributed by atoms with E-state index in [0.29, 0.717) is 36.7 Å². The smallest absolute Gasteiger partial charge is 0.312 e. The van der Waals surface area contributed by atoms with E-state index in [4.69, 9.17) is 24.1 Å². The van der Waals surface area contributed by atoms with E-state index >= 15 is 0 Å². The molecule has 1 aliphatic carbocycles. The molecular formula is C31H35O7+. The van der Waals surface area contributed by atoms with Gasteiger partial charge >= 0.3 is 5.97 Å². The molecule has 7 heteroatoms. The van der Waals surface area contributed by atoms with Crippen LogP contribution in [-0.4, -0.2) is 50.2 Å². The Labute approximate surface area is 222 Å². The Bertz CT molecular complexity index is 1310. The number of carbonyl (C=O) groups is 1. The lowest BCUT2D eigenvalue weighted by Crippen LogP contribution is -2.52. The maximum atomic E-state index is 13.5. The lowest BCUT2D eigenvalue weighted by Gasteiger charge is -2.44. The van der Waals surface area contributed by atoms with E-state index in [1.807, 2.05) is 67.6 Å². The molecular weight excluding hydrogens is 484 g/mol. The molecule has 3 aromatic carbocycles. The molecule has 0 saturated heterocycles. The Kier molecular flexibility index (Phi) is 6.84. The fourth-order valence-electron chi connectivity index (χ4n) is 7.06. The molecule has 0 bridgehead atoms. The van der Waals surface area contributed by atoms with Crippen LogP contribution in [0.25, 0.3) is 0 Å². The van der Waals surface area contributed by atoms with E-state index in [0.717, 1.165) is 22.3 Å². The van der Waals surface area contributed by atoms with Gasteiger partial charge in [-0.25, -0.2) is 0 Å². The first-order valence-electron chi connectivity index (χ1n) is 12.9. The molecule has 1 fully saturated rings. The number of hydrogen-bond acceptors (Lipinski definition) is 6. The third-order valence-electron chi connectivity index (χ3n) is 8.49. The zero-order valence-electron chi connectivity index (χ0n) is 22.2. The summed E-state index contributed by atoms with van der Waals surface area (Å²) in [6.07, 6.45) is -0.0890. The van der Waals surface area contributed by atoms with Crippen LogP contribution in [0.15, 0.2) is 66.7 Å². The highest BCUT2D eigenvalue weighted by molar-refractivity contribution is 5.78. The summed E-state index contributed by atoms with van der Waals surface area (Å²) in [5.41, 5.74) is 1.23. The monoisotopic (exact) mass is 519 g/mol. The molecule has 0 spiro atoms. The average Bonchev–Trinajstić information content (AvgIpc) is 3.36. The first-order valence-corrected chi connectivity index (χ1v) is 12.9. The van der Waals surface area contributed by atoms with Crippen LogP contribution >= 0.6 is 0 Å². The van der Waals surface area contributed by atoms with Crippen LogP contribution in [0.5, 0.6) is 17.2 Å². The van der Waals surface area contributed by atoms with E-state index < -0.39 is 34.9 Å². The number of benzene rings is 3. The number of hydrogen-bond donors (Lipinski definition) is 1. The van der Waals surface area contributed by atoms with Gasteiger partial charge in [0, 0.05) is 24.7 Å². The largest absolute Gasteiger partial charge is 0.593 e. The van der Waals surface area contributed by atoms with Crippen LogP contribution in [0.2, 0.25) is 0 Å². The van der Waals surface area contributed by atoms with Crippen LogP contribution in [-0.2, 0) is 31.7 Å². The number of aliphatic hydroxyl groups excluding tert-OH is 1. The first kappa shape index (κ1) is 26.1. The van der Waals surface area contributed by atoms with E-state index in [2.05, 4.69) is 0 Å². The minimum Gasteiger partial charge on any atom is -0.593 e. The normalized spacial score (nSPS) is 27.3. The third-order valence-corrected chi connectivity index (χ3v) is 8.49. The predicted octanol–water partition coefficient (Wildman–Crippen LogP) is 4.21. The SMILES string of the molecule is CC[C@]12c3c(CCOC)cc([OH2+])cc3O[C@@]1(c1ccc(OC)cc1)[C@H](c1ccccc1)[C@@H](C(=O)OC)[C@H]2O. The van der Waals surface area contributed by atoms with Gasteiger partial charge in [0.05, 0.1) is 44.3 Å². The Balaban J connectivity index is 1.89. The second kappa shape index (κ2) is 9.97. The molecule has 0 amide bonds. The average molecular weight is 520 g/mol. The number of fused-ring (bicyclic) bond motifs is 3. The van der Waals surface area contributed by atoms with Crippen molar-refractivity contribution in [3.05, 3.63) is 89.0 Å². The number of carbonyl (C=O) groups excluding carboxylic acids is 1. The van der Waals surface area contributed by atoms with Crippen LogP contribution in [0.4, 0.5) is 0 Å². The van der Waals surface area contributed by atoms with Gasteiger partial charge in [0.1, 0.15) is 11.5 Å². The highest BCUT2D eigenvalue weighted by atomic mass is 16.5. The van der Waals surface area contributed by atoms with Gasteiger partial charge in [-0.3, -0.25) is 4.79 Å². The summed E-state index contributed by atoms with van der Waals surface area (Å²) < 4.78 is 23.2. The molecule has 2 aliphatic rings. The minimum absolute atomic E-state index is 0.321. The number of esters is 1. The van der Waals surface area contributed by atoms with E-state index in [9.17, 15) is 9.90 Å². The molecule has 7 nitrogen and oxygen atoms in total. The molecule has 200 valence electrons. The third kappa shape index (κ3) is 3.52. The summed E-state index contributed by atoms with van der Waals surface area (Å²) in [6.45, 7) is 2.47. The standard InChI is InChI=1S/C31H34O7/c1-5-30-26-20(15-16-35-2)17-22(32)18-24(26)38-31(30,21-11-13-23(36-3)14-12-21)27(19-9-7-6-8-10-19)25(28(30)33)29(34)37-4/h6-14,17-18,25,27-28,32-33H,5,15-16H2,1-4H3/p+1/t25-,27-,28-,30-,31+/m1/s1. The molecule has 0 radical (unpaired) electrons. The van der Waals surface area contributed by atoms with Gasteiger partial charge in [0.2, 0.25) is 0 Å². The Hall–Kier alpha value is -3.55. The second-order valence-corrected chi connectivity index (χ2v) is 10.0. The van der Waals surface area contributed by atoms with Crippen molar-refractivity contribution in [2.75, 3.05) is 27.9 Å². The minimum atomic E-state index is -1.16. The summed E-state index contributed by atoms with van der Waals surface area (Å²) in [5, 5.41) is 20.9. The van der Waals surface area contributed by atoms with Crippen molar-refractivity contribution in [3.8, 4) is 17.2 Å².